The SMILES string of the molecule is COc1cccc(CN2CCN(S(=O)(=O)N3CCCC3)CC2)c1. The summed E-state index contributed by atoms with van der Waals surface area (Å²) in [6.45, 7) is 4.85. The number of methoxy groups -OCH3 is 1. The van der Waals surface area contributed by atoms with Crippen molar-refractivity contribution in [3.8, 4) is 5.75 Å². The molecule has 0 aromatic heterocycles. The number of ether oxygens (including phenoxy) is 1. The summed E-state index contributed by atoms with van der Waals surface area (Å²) in [5.74, 6) is 0.859. The van der Waals surface area contributed by atoms with Crippen molar-refractivity contribution in [2.75, 3.05) is 46.4 Å². The summed E-state index contributed by atoms with van der Waals surface area (Å²) in [6.07, 6.45) is 1.96. The van der Waals surface area contributed by atoms with Gasteiger partial charge >= 0.3 is 0 Å². The van der Waals surface area contributed by atoms with Gasteiger partial charge in [-0.2, -0.15) is 17.0 Å². The van der Waals surface area contributed by atoms with E-state index in [1.807, 2.05) is 18.2 Å². The van der Waals surface area contributed by atoms with Crippen molar-refractivity contribution in [3.05, 3.63) is 29.8 Å². The summed E-state index contributed by atoms with van der Waals surface area (Å²) in [5, 5.41) is 0. The van der Waals surface area contributed by atoms with E-state index in [1.54, 1.807) is 15.7 Å². The van der Waals surface area contributed by atoms with Crippen molar-refractivity contribution in [3.63, 3.8) is 0 Å². The highest BCUT2D eigenvalue weighted by Crippen LogP contribution is 2.19. The van der Waals surface area contributed by atoms with Gasteiger partial charge in [-0.05, 0) is 30.5 Å². The molecule has 0 aliphatic carbocycles. The van der Waals surface area contributed by atoms with Crippen LogP contribution in [0.2, 0.25) is 0 Å². The summed E-state index contributed by atoms with van der Waals surface area (Å²) in [7, 11) is -1.58. The van der Waals surface area contributed by atoms with Crippen molar-refractivity contribution in [2.45, 2.75) is 19.4 Å². The quantitative estimate of drug-likeness (QED) is 0.808. The second kappa shape index (κ2) is 7.17. The number of nitrogens with zero attached hydrogens (tertiary/aromatic N) is 3. The van der Waals surface area contributed by atoms with E-state index in [-0.39, 0.29) is 0 Å². The molecule has 0 saturated carbocycles. The fourth-order valence-electron chi connectivity index (χ4n) is 3.23. The molecule has 128 valence electrons. The van der Waals surface area contributed by atoms with Gasteiger partial charge in [0, 0.05) is 45.8 Å². The highest BCUT2D eigenvalue weighted by Gasteiger charge is 2.33. The zero-order chi connectivity index (χ0) is 16.3. The van der Waals surface area contributed by atoms with E-state index in [4.69, 9.17) is 4.74 Å². The third kappa shape index (κ3) is 3.85. The van der Waals surface area contributed by atoms with Crippen LogP contribution in [0.4, 0.5) is 0 Å². The molecule has 0 N–H and O–H groups in total. The number of hydrogen-bond acceptors (Lipinski definition) is 4. The molecule has 0 radical (unpaired) electrons. The van der Waals surface area contributed by atoms with Crippen molar-refractivity contribution in [1.29, 1.82) is 0 Å². The first-order valence-electron chi connectivity index (χ1n) is 8.20. The predicted octanol–water partition coefficient (Wildman–Crippen LogP) is 1.15. The molecule has 2 saturated heterocycles. The zero-order valence-corrected chi connectivity index (χ0v) is 14.5. The molecule has 0 spiro atoms. The average Bonchev–Trinajstić information content (AvgIpc) is 3.11. The topological polar surface area (TPSA) is 53.1 Å². The number of benzene rings is 1. The van der Waals surface area contributed by atoms with E-state index in [0.717, 1.165) is 38.2 Å². The third-order valence-electron chi connectivity index (χ3n) is 4.59. The highest BCUT2D eigenvalue weighted by molar-refractivity contribution is 7.86. The Morgan fingerprint density at radius 3 is 2.30 bits per heavy atom. The molecule has 2 fully saturated rings. The van der Waals surface area contributed by atoms with E-state index in [1.165, 1.54) is 5.56 Å². The monoisotopic (exact) mass is 339 g/mol. The van der Waals surface area contributed by atoms with Crippen LogP contribution in [-0.2, 0) is 16.8 Å². The maximum Gasteiger partial charge on any atom is 0.282 e. The second-order valence-corrected chi connectivity index (χ2v) is 8.07. The summed E-state index contributed by atoms with van der Waals surface area (Å²) in [5.41, 5.74) is 1.19. The summed E-state index contributed by atoms with van der Waals surface area (Å²) >= 11 is 0. The molecule has 23 heavy (non-hydrogen) atoms. The molecule has 1 aromatic carbocycles. The maximum absolute atomic E-state index is 12.6. The molecule has 0 amide bonds. The van der Waals surface area contributed by atoms with Gasteiger partial charge in [-0.15, -0.1) is 0 Å². The van der Waals surface area contributed by atoms with E-state index in [2.05, 4.69) is 11.0 Å². The highest BCUT2D eigenvalue weighted by atomic mass is 32.2. The Morgan fingerprint density at radius 1 is 1.00 bits per heavy atom. The van der Waals surface area contributed by atoms with Crippen molar-refractivity contribution < 1.29 is 13.2 Å². The molecule has 2 aliphatic rings. The lowest BCUT2D eigenvalue weighted by Crippen LogP contribution is -2.52. The zero-order valence-electron chi connectivity index (χ0n) is 13.6. The summed E-state index contributed by atoms with van der Waals surface area (Å²) in [6, 6.07) is 8.04. The molecular formula is C16H25N3O3S. The van der Waals surface area contributed by atoms with Crippen LogP contribution in [0.15, 0.2) is 24.3 Å². The Kier molecular flexibility index (Phi) is 5.21. The second-order valence-electron chi connectivity index (χ2n) is 6.14. The van der Waals surface area contributed by atoms with Gasteiger partial charge in [-0.25, -0.2) is 0 Å². The summed E-state index contributed by atoms with van der Waals surface area (Å²) in [4.78, 5) is 2.30. The molecule has 2 heterocycles. The lowest BCUT2D eigenvalue weighted by molar-refractivity contribution is 0.176. The molecule has 7 heteroatoms. The number of piperazine rings is 1. The Hall–Kier alpha value is -1.15. The van der Waals surface area contributed by atoms with Crippen LogP contribution in [0.3, 0.4) is 0 Å². The lowest BCUT2D eigenvalue weighted by Gasteiger charge is -2.35. The smallest absolute Gasteiger partial charge is 0.282 e. The molecule has 1 aromatic rings. The van der Waals surface area contributed by atoms with Gasteiger partial charge in [0.1, 0.15) is 5.75 Å². The van der Waals surface area contributed by atoms with Crippen LogP contribution in [0.25, 0.3) is 0 Å². The molecule has 3 rings (SSSR count). The molecular weight excluding hydrogens is 314 g/mol. The fraction of sp³-hybridized carbons (Fsp3) is 0.625. The third-order valence-corrected chi connectivity index (χ3v) is 6.62. The molecule has 0 unspecified atom stereocenters. The molecule has 0 bridgehead atoms. The molecule has 6 nitrogen and oxygen atoms in total. The van der Waals surface area contributed by atoms with Crippen LogP contribution >= 0.6 is 0 Å². The van der Waals surface area contributed by atoms with Gasteiger partial charge in [0.05, 0.1) is 7.11 Å². The van der Waals surface area contributed by atoms with Crippen LogP contribution in [0.1, 0.15) is 18.4 Å². The standard InChI is InChI=1S/C16H25N3O3S/c1-22-16-6-4-5-15(13-16)14-17-9-11-19(12-10-17)23(20,21)18-7-2-3-8-18/h4-6,13H,2-3,7-12,14H2,1H3. The maximum atomic E-state index is 12.6. The minimum Gasteiger partial charge on any atom is -0.497 e. The van der Waals surface area contributed by atoms with Crippen molar-refractivity contribution in [2.24, 2.45) is 0 Å². The Balaban J connectivity index is 1.55. The summed E-state index contributed by atoms with van der Waals surface area (Å²) < 4.78 is 33.6. The Morgan fingerprint density at radius 2 is 1.65 bits per heavy atom. The van der Waals surface area contributed by atoms with Crippen LogP contribution in [0.5, 0.6) is 5.75 Å². The fourth-order valence-corrected chi connectivity index (χ4v) is 4.90. The van der Waals surface area contributed by atoms with Gasteiger partial charge in [0.25, 0.3) is 10.2 Å². The Bertz CT molecular complexity index is 621. The minimum absolute atomic E-state index is 0.572. The molecule has 2 aliphatic heterocycles. The van der Waals surface area contributed by atoms with Gasteiger partial charge in [0.2, 0.25) is 0 Å². The minimum atomic E-state index is -3.25. The first-order valence-corrected chi connectivity index (χ1v) is 9.60. The normalized spacial score (nSPS) is 21.6. The van der Waals surface area contributed by atoms with Crippen LogP contribution in [0, 0.1) is 0 Å². The van der Waals surface area contributed by atoms with E-state index in [9.17, 15) is 8.42 Å². The van der Waals surface area contributed by atoms with Gasteiger partial charge in [-0.3, -0.25) is 4.90 Å². The number of rotatable bonds is 5. The number of hydrogen-bond donors (Lipinski definition) is 0. The van der Waals surface area contributed by atoms with E-state index >= 15 is 0 Å². The van der Waals surface area contributed by atoms with Crippen molar-refractivity contribution in [1.82, 2.24) is 13.5 Å². The van der Waals surface area contributed by atoms with Gasteiger partial charge in [0.15, 0.2) is 0 Å². The predicted molar refractivity (Wildman–Crippen MR) is 89.6 cm³/mol. The first kappa shape index (κ1) is 16.7. The van der Waals surface area contributed by atoms with Crippen LogP contribution < -0.4 is 4.74 Å². The Labute approximate surface area is 138 Å². The average molecular weight is 339 g/mol. The van der Waals surface area contributed by atoms with E-state index < -0.39 is 10.2 Å². The lowest BCUT2D eigenvalue weighted by atomic mass is 10.2. The van der Waals surface area contributed by atoms with Crippen molar-refractivity contribution >= 4 is 10.2 Å². The van der Waals surface area contributed by atoms with Crippen LogP contribution in [-0.4, -0.2) is 68.3 Å². The molecule has 0 atom stereocenters. The largest absolute Gasteiger partial charge is 0.497 e. The van der Waals surface area contributed by atoms with Gasteiger partial charge < -0.3 is 4.74 Å². The first-order chi connectivity index (χ1) is 11.1. The van der Waals surface area contributed by atoms with Gasteiger partial charge in [-0.1, -0.05) is 12.1 Å². The van der Waals surface area contributed by atoms with E-state index in [0.29, 0.717) is 26.2 Å².